The smallest absolute Gasteiger partial charge is 0.408 e. The maximum atomic E-state index is 13.3. The number of anilines is 1. The number of halogens is 1. The van der Waals surface area contributed by atoms with Gasteiger partial charge in [-0.15, -0.1) is 0 Å². The van der Waals surface area contributed by atoms with Gasteiger partial charge in [0.1, 0.15) is 24.0 Å². The summed E-state index contributed by atoms with van der Waals surface area (Å²) in [6.45, 7) is 5.20. The van der Waals surface area contributed by atoms with E-state index in [0.29, 0.717) is 11.4 Å². The number of carboxylic acid groups (broad SMARTS) is 1. The van der Waals surface area contributed by atoms with Gasteiger partial charge in [0.05, 0.1) is 0 Å². The molecule has 0 unspecified atom stereocenters. The molecule has 35 heavy (non-hydrogen) atoms. The van der Waals surface area contributed by atoms with Crippen LogP contribution in [0.4, 0.5) is 14.9 Å². The number of rotatable bonds is 9. The third-order valence-corrected chi connectivity index (χ3v) is 5.93. The van der Waals surface area contributed by atoms with Gasteiger partial charge in [0.2, 0.25) is 5.91 Å². The molecule has 1 heterocycles. The molecule has 0 saturated heterocycles. The molecule has 3 aromatic rings. The number of thioether (sulfide) groups is 1. The number of benzene rings is 2. The Kier molecular flexibility index (Phi) is 8.39. The topological polar surface area (TPSA) is 110 Å². The van der Waals surface area contributed by atoms with Crippen molar-refractivity contribution in [1.82, 2.24) is 9.88 Å². The zero-order valence-electron chi connectivity index (χ0n) is 19.7. The van der Waals surface area contributed by atoms with E-state index < -0.39 is 23.7 Å². The number of hydrogen-bond acceptors (Lipinski definition) is 5. The number of nitrogens with one attached hydrogen (secondary N) is 2. The third-order valence-electron chi connectivity index (χ3n) is 4.83. The third kappa shape index (κ3) is 8.03. The molecule has 3 rings (SSSR count). The van der Waals surface area contributed by atoms with Crippen LogP contribution in [0.1, 0.15) is 26.3 Å². The largest absolute Gasteiger partial charge is 0.480 e. The highest BCUT2D eigenvalue weighted by Gasteiger charge is 2.23. The fraction of sp³-hybridized carbons (Fsp3) is 0.320. The van der Waals surface area contributed by atoms with Gasteiger partial charge in [-0.2, -0.15) is 11.8 Å². The lowest BCUT2D eigenvalue weighted by Gasteiger charge is -2.21. The summed E-state index contributed by atoms with van der Waals surface area (Å²) in [5.41, 5.74) is 1.62. The molecule has 1 atom stereocenters. The summed E-state index contributed by atoms with van der Waals surface area (Å²) in [5, 5.41) is 15.3. The molecule has 8 nitrogen and oxygen atoms in total. The zero-order valence-corrected chi connectivity index (χ0v) is 20.5. The number of aromatic nitrogens is 1. The molecular formula is C25H28FN3O5S. The Morgan fingerprint density at radius 2 is 1.83 bits per heavy atom. The first-order chi connectivity index (χ1) is 16.5. The second kappa shape index (κ2) is 11.3. The van der Waals surface area contributed by atoms with E-state index in [2.05, 4.69) is 10.6 Å². The van der Waals surface area contributed by atoms with Crippen LogP contribution in [0.5, 0.6) is 0 Å². The summed E-state index contributed by atoms with van der Waals surface area (Å²) >= 11 is 1.36. The first-order valence-corrected chi connectivity index (χ1v) is 12.1. The number of fused-ring (bicyclic) bond motifs is 1. The number of aliphatic carboxylic acids is 1. The maximum Gasteiger partial charge on any atom is 0.408 e. The number of ether oxygens (including phenoxy) is 1. The van der Waals surface area contributed by atoms with E-state index in [1.165, 1.54) is 23.9 Å². The van der Waals surface area contributed by atoms with Crippen LogP contribution in [0.3, 0.4) is 0 Å². The second-order valence-electron chi connectivity index (χ2n) is 8.94. The van der Waals surface area contributed by atoms with E-state index in [-0.39, 0.29) is 24.0 Å². The number of carboxylic acids is 1. The van der Waals surface area contributed by atoms with E-state index in [0.717, 1.165) is 16.5 Å². The van der Waals surface area contributed by atoms with E-state index in [1.54, 1.807) is 55.8 Å². The lowest BCUT2D eigenvalue weighted by atomic mass is 10.2. The van der Waals surface area contributed by atoms with E-state index in [1.807, 2.05) is 12.1 Å². The SMILES string of the molecule is CC(C)(C)OC(=O)N[C@H](CSCc1ccc(NC(=O)Cn2ccc3cc(F)ccc32)cc1)C(=O)O. The van der Waals surface area contributed by atoms with Crippen LogP contribution in [0.15, 0.2) is 54.7 Å². The molecule has 0 saturated carbocycles. The normalized spacial score (nSPS) is 12.2. The molecule has 0 aliphatic rings. The van der Waals surface area contributed by atoms with Gasteiger partial charge in [-0.3, -0.25) is 4.79 Å². The number of hydrogen-bond donors (Lipinski definition) is 3. The van der Waals surface area contributed by atoms with Crippen LogP contribution < -0.4 is 10.6 Å². The van der Waals surface area contributed by atoms with Crippen molar-refractivity contribution in [2.75, 3.05) is 11.1 Å². The van der Waals surface area contributed by atoms with Gasteiger partial charge in [0, 0.05) is 34.3 Å². The Balaban J connectivity index is 1.48. The summed E-state index contributed by atoms with van der Waals surface area (Å²) in [6.07, 6.45) is 0.970. The minimum absolute atomic E-state index is 0.0912. The van der Waals surface area contributed by atoms with Gasteiger partial charge in [0.25, 0.3) is 0 Å². The fourth-order valence-electron chi connectivity index (χ4n) is 3.27. The highest BCUT2D eigenvalue weighted by Crippen LogP contribution is 2.19. The Hall–Kier alpha value is -3.53. The van der Waals surface area contributed by atoms with Gasteiger partial charge in [0.15, 0.2) is 0 Å². The van der Waals surface area contributed by atoms with E-state index >= 15 is 0 Å². The predicted molar refractivity (Wildman–Crippen MR) is 134 cm³/mol. The lowest BCUT2D eigenvalue weighted by Crippen LogP contribution is -2.44. The quantitative estimate of drug-likeness (QED) is 0.394. The van der Waals surface area contributed by atoms with E-state index in [9.17, 15) is 23.9 Å². The average Bonchev–Trinajstić information content (AvgIpc) is 3.14. The summed E-state index contributed by atoms with van der Waals surface area (Å²) in [7, 11) is 0. The maximum absolute atomic E-state index is 13.3. The van der Waals surface area contributed by atoms with Gasteiger partial charge >= 0.3 is 12.1 Å². The number of amides is 2. The first kappa shape index (κ1) is 26.1. The fourth-order valence-corrected chi connectivity index (χ4v) is 4.28. The Morgan fingerprint density at radius 1 is 1.11 bits per heavy atom. The van der Waals surface area contributed by atoms with Crippen molar-refractivity contribution in [3.63, 3.8) is 0 Å². The molecule has 2 amide bonds. The Labute approximate surface area is 206 Å². The minimum Gasteiger partial charge on any atom is -0.480 e. The predicted octanol–water partition coefficient (Wildman–Crippen LogP) is 4.63. The van der Waals surface area contributed by atoms with Crippen LogP contribution in [0.25, 0.3) is 10.9 Å². The van der Waals surface area contributed by atoms with Gasteiger partial charge in [-0.05, 0) is 62.7 Å². The molecular weight excluding hydrogens is 473 g/mol. The van der Waals surface area contributed by atoms with Crippen molar-refractivity contribution in [3.8, 4) is 0 Å². The molecule has 0 aliphatic heterocycles. The van der Waals surface area contributed by atoms with E-state index in [4.69, 9.17) is 4.74 Å². The van der Waals surface area contributed by atoms with Crippen LogP contribution in [-0.4, -0.2) is 45.0 Å². The lowest BCUT2D eigenvalue weighted by molar-refractivity contribution is -0.138. The van der Waals surface area contributed by atoms with Crippen LogP contribution >= 0.6 is 11.8 Å². The Morgan fingerprint density at radius 3 is 2.49 bits per heavy atom. The minimum atomic E-state index is -1.14. The molecule has 0 aliphatic carbocycles. The summed E-state index contributed by atoms with van der Waals surface area (Å²) in [6, 6.07) is 12.3. The summed E-state index contributed by atoms with van der Waals surface area (Å²) < 4.78 is 20.2. The number of carbonyl (C=O) groups excluding carboxylic acids is 2. The van der Waals surface area contributed by atoms with Crippen LogP contribution in [-0.2, 0) is 26.6 Å². The van der Waals surface area contributed by atoms with Gasteiger partial charge in [-0.1, -0.05) is 12.1 Å². The van der Waals surface area contributed by atoms with Gasteiger partial charge in [-0.25, -0.2) is 14.0 Å². The standard InChI is InChI=1S/C25H28FN3O5S/c1-25(2,3)34-24(33)28-20(23(31)32)15-35-14-16-4-7-19(8-5-16)27-22(30)13-29-11-10-17-12-18(26)6-9-21(17)29/h4-12,20H,13-15H2,1-3H3,(H,27,30)(H,28,33)(H,31,32)/t20-/m1/s1. The average molecular weight is 502 g/mol. The molecule has 0 radical (unpaired) electrons. The van der Waals surface area contributed by atoms with Crippen LogP contribution in [0.2, 0.25) is 0 Å². The number of nitrogens with zero attached hydrogens (tertiary/aromatic N) is 1. The molecule has 0 bridgehead atoms. The summed E-state index contributed by atoms with van der Waals surface area (Å²) in [4.78, 5) is 35.8. The molecule has 1 aromatic heterocycles. The second-order valence-corrected chi connectivity index (χ2v) is 9.97. The molecule has 3 N–H and O–H groups in total. The zero-order chi connectivity index (χ0) is 25.6. The van der Waals surface area contributed by atoms with Gasteiger partial charge < -0.3 is 25.0 Å². The summed E-state index contributed by atoms with van der Waals surface area (Å²) in [5.74, 6) is -0.980. The molecule has 0 fully saturated rings. The highest BCUT2D eigenvalue weighted by atomic mass is 32.2. The van der Waals surface area contributed by atoms with Crippen LogP contribution in [0, 0.1) is 5.82 Å². The van der Waals surface area contributed by atoms with Crippen molar-refractivity contribution in [3.05, 3.63) is 66.1 Å². The first-order valence-electron chi connectivity index (χ1n) is 10.9. The number of alkyl carbamates (subject to hydrolysis) is 1. The molecule has 0 spiro atoms. The molecule has 186 valence electrons. The van der Waals surface area contributed by atoms with Crippen molar-refractivity contribution in [1.29, 1.82) is 0 Å². The van der Waals surface area contributed by atoms with Crippen molar-refractivity contribution >= 4 is 46.3 Å². The number of carbonyl (C=O) groups is 3. The monoisotopic (exact) mass is 501 g/mol. The van der Waals surface area contributed by atoms with Crippen molar-refractivity contribution < 1.29 is 28.6 Å². The Bertz CT molecular complexity index is 1200. The van der Waals surface area contributed by atoms with Crippen molar-refractivity contribution in [2.24, 2.45) is 0 Å². The molecule has 10 heteroatoms. The molecule has 2 aromatic carbocycles. The van der Waals surface area contributed by atoms with Crippen molar-refractivity contribution in [2.45, 2.75) is 44.7 Å². The highest BCUT2D eigenvalue weighted by molar-refractivity contribution is 7.98.